The van der Waals surface area contributed by atoms with Crippen molar-refractivity contribution in [3.63, 3.8) is 0 Å². The topological polar surface area (TPSA) is 66.9 Å². The molecule has 0 aliphatic heterocycles. The van der Waals surface area contributed by atoms with Gasteiger partial charge in [-0.3, -0.25) is 0 Å². The van der Waals surface area contributed by atoms with E-state index in [9.17, 15) is 0 Å². The first-order valence-electron chi connectivity index (χ1n) is 5.79. The number of nitrogens with zero attached hydrogens (tertiary/aromatic N) is 5. The van der Waals surface area contributed by atoms with Crippen molar-refractivity contribution in [2.24, 2.45) is 0 Å². The number of rotatable bonds is 2. The highest BCUT2D eigenvalue weighted by Crippen LogP contribution is 2.47. The highest BCUT2D eigenvalue weighted by atomic mass is 15.3. The molecule has 3 rings (SSSR count). The molecular formula is C12H13N5. The molecule has 0 N–H and O–H groups in total. The van der Waals surface area contributed by atoms with E-state index >= 15 is 0 Å². The minimum atomic E-state index is -0.314. The molecule has 2 aromatic rings. The van der Waals surface area contributed by atoms with Crippen LogP contribution in [-0.2, 0) is 5.41 Å². The lowest BCUT2D eigenvalue weighted by Gasteiger charge is -2.04. The smallest absolute Gasteiger partial charge is 0.219 e. The normalized spacial score (nSPS) is 17.3. The second-order valence-electron chi connectivity index (χ2n) is 4.91. The lowest BCUT2D eigenvalue weighted by molar-refractivity contribution is 0.759. The summed E-state index contributed by atoms with van der Waals surface area (Å²) in [4.78, 5) is 8.62. The van der Waals surface area contributed by atoms with Crippen molar-refractivity contribution >= 4 is 5.78 Å². The summed E-state index contributed by atoms with van der Waals surface area (Å²) in [6.07, 6.45) is 5.48. The number of hydrogen-bond acceptors (Lipinski definition) is 4. The maximum atomic E-state index is 9.15. The van der Waals surface area contributed by atoms with E-state index in [1.807, 2.05) is 20.0 Å². The van der Waals surface area contributed by atoms with Gasteiger partial charge in [0.25, 0.3) is 5.78 Å². The third-order valence-electron chi connectivity index (χ3n) is 3.24. The number of fused-ring (bicyclic) bond motifs is 1. The summed E-state index contributed by atoms with van der Waals surface area (Å²) >= 11 is 0. The van der Waals surface area contributed by atoms with Crippen molar-refractivity contribution in [2.45, 2.75) is 38.0 Å². The van der Waals surface area contributed by atoms with E-state index in [1.54, 1.807) is 10.7 Å². The van der Waals surface area contributed by atoms with Crippen molar-refractivity contribution in [3.8, 4) is 6.07 Å². The summed E-state index contributed by atoms with van der Waals surface area (Å²) < 4.78 is 1.68. The average Bonchev–Trinajstić information content (AvgIpc) is 3.00. The minimum Gasteiger partial charge on any atom is -0.219 e. The van der Waals surface area contributed by atoms with E-state index in [0.717, 1.165) is 24.2 Å². The van der Waals surface area contributed by atoms with Gasteiger partial charge in [0, 0.05) is 23.9 Å². The molecule has 0 atom stereocenters. The molecule has 1 aliphatic carbocycles. The molecular weight excluding hydrogens is 214 g/mol. The first-order valence-corrected chi connectivity index (χ1v) is 5.79. The fourth-order valence-electron chi connectivity index (χ4n) is 1.88. The van der Waals surface area contributed by atoms with Crippen LogP contribution in [0.3, 0.4) is 0 Å². The molecule has 86 valence electrons. The maximum absolute atomic E-state index is 9.15. The standard InChI is InChI=1S/C12H13N5/c1-8(2)10-15-11-14-5-9(6-17(11)16-10)12(7-13)3-4-12/h5-6,8H,3-4H2,1-2H3. The average molecular weight is 227 g/mol. The Balaban J connectivity index is 2.11. The molecule has 1 saturated carbocycles. The Morgan fingerprint density at radius 1 is 1.47 bits per heavy atom. The van der Waals surface area contributed by atoms with Crippen molar-refractivity contribution in [1.82, 2.24) is 19.6 Å². The van der Waals surface area contributed by atoms with Crippen LogP contribution in [-0.4, -0.2) is 19.6 Å². The zero-order valence-corrected chi connectivity index (χ0v) is 9.88. The zero-order valence-electron chi connectivity index (χ0n) is 9.88. The number of aromatic nitrogens is 4. The molecule has 2 heterocycles. The largest absolute Gasteiger partial charge is 0.252 e. The summed E-state index contributed by atoms with van der Waals surface area (Å²) in [5.74, 6) is 1.67. The van der Waals surface area contributed by atoms with E-state index in [0.29, 0.717) is 5.78 Å². The Hall–Kier alpha value is -1.96. The molecule has 0 radical (unpaired) electrons. The first-order chi connectivity index (χ1) is 8.14. The Morgan fingerprint density at radius 2 is 2.24 bits per heavy atom. The SMILES string of the molecule is CC(C)c1nc2ncc(C3(C#N)CC3)cn2n1. The molecule has 2 aromatic heterocycles. The van der Waals surface area contributed by atoms with Crippen LogP contribution < -0.4 is 0 Å². The summed E-state index contributed by atoms with van der Waals surface area (Å²) in [6, 6.07) is 2.36. The quantitative estimate of drug-likeness (QED) is 0.784. The Bertz CT molecular complexity index is 615. The molecule has 0 bridgehead atoms. The summed E-state index contributed by atoms with van der Waals surface area (Å²) in [6.45, 7) is 4.10. The lowest BCUT2D eigenvalue weighted by atomic mass is 10.0. The number of hydrogen-bond donors (Lipinski definition) is 0. The molecule has 17 heavy (non-hydrogen) atoms. The molecule has 0 aromatic carbocycles. The number of nitriles is 1. The first kappa shape index (κ1) is 10.2. The fourth-order valence-corrected chi connectivity index (χ4v) is 1.88. The molecule has 1 aliphatic rings. The van der Waals surface area contributed by atoms with E-state index in [-0.39, 0.29) is 11.3 Å². The van der Waals surface area contributed by atoms with Gasteiger partial charge in [0.1, 0.15) is 0 Å². The second-order valence-corrected chi connectivity index (χ2v) is 4.91. The molecule has 0 amide bonds. The van der Waals surface area contributed by atoms with Gasteiger partial charge in [-0.15, -0.1) is 5.10 Å². The van der Waals surface area contributed by atoms with Crippen molar-refractivity contribution in [2.75, 3.05) is 0 Å². The molecule has 0 spiro atoms. The third kappa shape index (κ3) is 1.48. The van der Waals surface area contributed by atoms with Crippen LogP contribution >= 0.6 is 0 Å². The van der Waals surface area contributed by atoms with Gasteiger partial charge < -0.3 is 0 Å². The maximum Gasteiger partial charge on any atom is 0.252 e. The summed E-state index contributed by atoms with van der Waals surface area (Å²) in [5, 5.41) is 13.5. The van der Waals surface area contributed by atoms with Crippen LogP contribution in [0.25, 0.3) is 5.78 Å². The van der Waals surface area contributed by atoms with Gasteiger partial charge in [0.2, 0.25) is 0 Å². The van der Waals surface area contributed by atoms with Crippen LogP contribution in [0.2, 0.25) is 0 Å². The van der Waals surface area contributed by atoms with Gasteiger partial charge in [-0.25, -0.2) is 9.50 Å². The van der Waals surface area contributed by atoms with Crippen LogP contribution in [0.4, 0.5) is 0 Å². The molecule has 0 unspecified atom stereocenters. The van der Waals surface area contributed by atoms with Gasteiger partial charge in [0.05, 0.1) is 11.5 Å². The molecule has 5 heteroatoms. The second kappa shape index (κ2) is 3.27. The van der Waals surface area contributed by atoms with Crippen LogP contribution in [0.5, 0.6) is 0 Å². The van der Waals surface area contributed by atoms with E-state index in [1.165, 1.54) is 0 Å². The van der Waals surface area contributed by atoms with Crippen LogP contribution in [0.1, 0.15) is 44.0 Å². The van der Waals surface area contributed by atoms with Gasteiger partial charge >= 0.3 is 0 Å². The van der Waals surface area contributed by atoms with Gasteiger partial charge in [-0.05, 0) is 12.8 Å². The van der Waals surface area contributed by atoms with Crippen molar-refractivity contribution in [3.05, 3.63) is 23.8 Å². The zero-order chi connectivity index (χ0) is 12.0. The van der Waals surface area contributed by atoms with Crippen LogP contribution in [0.15, 0.2) is 12.4 Å². The third-order valence-corrected chi connectivity index (χ3v) is 3.24. The lowest BCUT2D eigenvalue weighted by Crippen LogP contribution is -2.05. The molecule has 1 fully saturated rings. The highest BCUT2D eigenvalue weighted by Gasteiger charge is 2.45. The monoisotopic (exact) mass is 227 g/mol. The van der Waals surface area contributed by atoms with Gasteiger partial charge in [0.15, 0.2) is 5.82 Å². The fraction of sp³-hybridized carbons (Fsp3) is 0.500. The Kier molecular flexibility index (Phi) is 1.96. The van der Waals surface area contributed by atoms with Crippen molar-refractivity contribution in [1.29, 1.82) is 5.26 Å². The summed E-state index contributed by atoms with van der Waals surface area (Å²) in [7, 11) is 0. The van der Waals surface area contributed by atoms with Crippen LogP contribution in [0, 0.1) is 11.3 Å². The van der Waals surface area contributed by atoms with Gasteiger partial charge in [-0.2, -0.15) is 10.2 Å². The Labute approximate surface area is 99.1 Å². The highest BCUT2D eigenvalue weighted by molar-refractivity contribution is 5.39. The van der Waals surface area contributed by atoms with E-state index in [4.69, 9.17) is 5.26 Å². The minimum absolute atomic E-state index is 0.283. The molecule has 0 saturated heterocycles. The van der Waals surface area contributed by atoms with Gasteiger partial charge in [-0.1, -0.05) is 13.8 Å². The molecule has 5 nitrogen and oxygen atoms in total. The van der Waals surface area contributed by atoms with E-state index in [2.05, 4.69) is 21.1 Å². The van der Waals surface area contributed by atoms with Crippen molar-refractivity contribution < 1.29 is 0 Å². The Morgan fingerprint density at radius 3 is 2.82 bits per heavy atom. The predicted molar refractivity (Wildman–Crippen MR) is 61.4 cm³/mol. The van der Waals surface area contributed by atoms with E-state index < -0.39 is 0 Å². The predicted octanol–water partition coefficient (Wildman–Crippen LogP) is 1.80. The summed E-state index contributed by atoms with van der Waals surface area (Å²) in [5.41, 5.74) is 0.637.